The van der Waals surface area contributed by atoms with Crippen LogP contribution in [-0.4, -0.2) is 17.1 Å². The molecule has 128 valence electrons. The largest absolute Gasteiger partial charge is 0.463 e. The molecule has 2 aromatic carbocycles. The van der Waals surface area contributed by atoms with E-state index in [4.69, 9.17) is 4.42 Å². The molecule has 1 amide bonds. The van der Waals surface area contributed by atoms with E-state index in [9.17, 15) is 9.18 Å². The van der Waals surface area contributed by atoms with Crippen molar-refractivity contribution in [2.45, 2.75) is 0 Å². The number of aromatic nitrogens is 1. The van der Waals surface area contributed by atoms with Crippen molar-refractivity contribution >= 4 is 38.8 Å². The SMILES string of the molecule is O=C(c1ccccc1)N(/N=C\c1ccco1)c1nc2ccc(F)cc2s1. The minimum atomic E-state index is -0.354. The second-order valence-corrected chi connectivity index (χ2v) is 6.36. The van der Waals surface area contributed by atoms with Crippen molar-refractivity contribution in [3.8, 4) is 0 Å². The van der Waals surface area contributed by atoms with Crippen LogP contribution in [0.4, 0.5) is 9.52 Å². The zero-order valence-corrected chi connectivity index (χ0v) is 14.2. The predicted octanol–water partition coefficient (Wildman–Crippen LogP) is 4.71. The van der Waals surface area contributed by atoms with Gasteiger partial charge in [0, 0.05) is 5.56 Å². The van der Waals surface area contributed by atoms with Gasteiger partial charge in [0.1, 0.15) is 11.6 Å². The van der Waals surface area contributed by atoms with Gasteiger partial charge in [-0.1, -0.05) is 29.5 Å². The van der Waals surface area contributed by atoms with Crippen molar-refractivity contribution in [1.29, 1.82) is 0 Å². The van der Waals surface area contributed by atoms with Gasteiger partial charge in [-0.3, -0.25) is 4.79 Å². The lowest BCUT2D eigenvalue weighted by Crippen LogP contribution is -2.25. The molecular weight excluding hydrogens is 353 g/mol. The lowest BCUT2D eigenvalue weighted by Gasteiger charge is -2.13. The minimum Gasteiger partial charge on any atom is -0.463 e. The summed E-state index contributed by atoms with van der Waals surface area (Å²) >= 11 is 1.19. The number of thiazole rings is 1. The Balaban J connectivity index is 1.77. The lowest BCUT2D eigenvalue weighted by molar-refractivity contribution is 0.0988. The number of carbonyl (C=O) groups excluding carboxylic acids is 1. The minimum absolute atomic E-state index is 0.340. The smallest absolute Gasteiger partial charge is 0.280 e. The van der Waals surface area contributed by atoms with Gasteiger partial charge >= 0.3 is 0 Å². The van der Waals surface area contributed by atoms with Gasteiger partial charge in [0.2, 0.25) is 5.13 Å². The Morgan fingerprint density at radius 1 is 1.15 bits per heavy atom. The molecule has 0 saturated carbocycles. The van der Waals surface area contributed by atoms with Crippen LogP contribution in [0.1, 0.15) is 16.1 Å². The summed E-state index contributed by atoms with van der Waals surface area (Å²) in [5.41, 5.74) is 1.07. The maximum Gasteiger partial charge on any atom is 0.280 e. The molecule has 0 aliphatic heterocycles. The fourth-order valence-electron chi connectivity index (χ4n) is 2.35. The molecule has 0 spiro atoms. The van der Waals surface area contributed by atoms with Crippen molar-refractivity contribution in [3.05, 3.63) is 84.1 Å². The monoisotopic (exact) mass is 365 g/mol. The van der Waals surface area contributed by atoms with Crippen LogP contribution in [0.2, 0.25) is 0 Å². The molecule has 0 atom stereocenters. The third kappa shape index (κ3) is 3.25. The quantitative estimate of drug-likeness (QED) is 0.389. The number of rotatable bonds is 4. The number of hydrogen-bond acceptors (Lipinski definition) is 5. The summed E-state index contributed by atoms with van der Waals surface area (Å²) in [4.78, 5) is 17.3. The normalized spacial score (nSPS) is 11.3. The molecule has 5 nitrogen and oxygen atoms in total. The molecule has 0 saturated heterocycles. The third-order valence-electron chi connectivity index (χ3n) is 3.58. The van der Waals surface area contributed by atoms with E-state index < -0.39 is 0 Å². The molecule has 0 unspecified atom stereocenters. The fourth-order valence-corrected chi connectivity index (χ4v) is 3.29. The van der Waals surface area contributed by atoms with Gasteiger partial charge < -0.3 is 4.42 Å². The first-order chi connectivity index (χ1) is 12.7. The predicted molar refractivity (Wildman–Crippen MR) is 99.1 cm³/mol. The molecule has 4 aromatic rings. The van der Waals surface area contributed by atoms with Gasteiger partial charge in [-0.2, -0.15) is 10.1 Å². The van der Waals surface area contributed by atoms with Crippen LogP contribution < -0.4 is 5.01 Å². The van der Waals surface area contributed by atoms with Crippen LogP contribution in [-0.2, 0) is 0 Å². The fraction of sp³-hybridized carbons (Fsp3) is 0. The van der Waals surface area contributed by atoms with Gasteiger partial charge in [0.05, 0.1) is 22.7 Å². The molecule has 2 heterocycles. The molecular formula is C19H12FN3O2S. The molecule has 0 N–H and O–H groups in total. The Hall–Kier alpha value is -3.32. The second kappa shape index (κ2) is 6.89. The number of nitrogens with zero attached hydrogens (tertiary/aromatic N) is 3. The zero-order valence-electron chi connectivity index (χ0n) is 13.4. The zero-order chi connectivity index (χ0) is 17.9. The number of hydrazone groups is 1. The number of amides is 1. The van der Waals surface area contributed by atoms with E-state index in [1.165, 1.54) is 41.0 Å². The van der Waals surface area contributed by atoms with Crippen LogP contribution in [0.15, 0.2) is 76.4 Å². The number of carbonyl (C=O) groups is 1. The highest BCUT2D eigenvalue weighted by molar-refractivity contribution is 7.22. The average molecular weight is 365 g/mol. The molecule has 26 heavy (non-hydrogen) atoms. The second-order valence-electron chi connectivity index (χ2n) is 5.35. The number of halogens is 1. The molecule has 0 fully saturated rings. The third-order valence-corrected chi connectivity index (χ3v) is 4.57. The summed E-state index contributed by atoms with van der Waals surface area (Å²) in [5.74, 6) is -0.191. The molecule has 7 heteroatoms. The van der Waals surface area contributed by atoms with Crippen LogP contribution in [0.3, 0.4) is 0 Å². The Bertz CT molecular complexity index is 1070. The van der Waals surface area contributed by atoms with Crippen molar-refractivity contribution in [2.75, 3.05) is 5.01 Å². The number of furan rings is 1. The van der Waals surface area contributed by atoms with Crippen LogP contribution in [0.5, 0.6) is 0 Å². The maximum atomic E-state index is 13.5. The summed E-state index contributed by atoms with van der Waals surface area (Å²) in [7, 11) is 0. The molecule has 0 aliphatic rings. The van der Waals surface area contributed by atoms with E-state index in [0.717, 1.165) is 0 Å². The highest BCUT2D eigenvalue weighted by Gasteiger charge is 2.21. The standard InChI is InChI=1S/C19H12FN3O2S/c20-14-8-9-16-17(11-14)26-19(22-16)23(21-12-15-7-4-10-25-15)18(24)13-5-2-1-3-6-13/h1-12H/b21-12-. The summed E-state index contributed by atoms with van der Waals surface area (Å²) in [6.07, 6.45) is 2.96. The number of fused-ring (bicyclic) bond motifs is 1. The highest BCUT2D eigenvalue weighted by Crippen LogP contribution is 2.30. The first-order valence-electron chi connectivity index (χ1n) is 7.74. The Morgan fingerprint density at radius 3 is 2.77 bits per heavy atom. The van der Waals surface area contributed by atoms with Crippen LogP contribution in [0.25, 0.3) is 10.2 Å². The van der Waals surface area contributed by atoms with Gasteiger partial charge in [0.15, 0.2) is 0 Å². The molecule has 4 rings (SSSR count). The van der Waals surface area contributed by atoms with E-state index in [0.29, 0.717) is 26.7 Å². The molecule has 0 radical (unpaired) electrons. The first-order valence-corrected chi connectivity index (χ1v) is 8.55. The lowest BCUT2D eigenvalue weighted by atomic mass is 10.2. The van der Waals surface area contributed by atoms with E-state index in [1.54, 1.807) is 42.5 Å². The highest BCUT2D eigenvalue weighted by atomic mass is 32.1. The Morgan fingerprint density at radius 2 is 2.00 bits per heavy atom. The molecule has 0 bridgehead atoms. The van der Waals surface area contributed by atoms with Crippen LogP contribution >= 0.6 is 11.3 Å². The van der Waals surface area contributed by atoms with Crippen molar-refractivity contribution in [1.82, 2.24) is 4.98 Å². The number of hydrogen-bond donors (Lipinski definition) is 0. The van der Waals surface area contributed by atoms with Crippen LogP contribution in [0, 0.1) is 5.82 Å². The maximum absolute atomic E-state index is 13.5. The van der Waals surface area contributed by atoms with Crippen molar-refractivity contribution in [2.24, 2.45) is 5.10 Å². The Kier molecular flexibility index (Phi) is 4.28. The topological polar surface area (TPSA) is 58.7 Å². The summed E-state index contributed by atoms with van der Waals surface area (Å²) in [5, 5.41) is 5.79. The van der Waals surface area contributed by atoms with Gasteiger partial charge in [-0.25, -0.2) is 9.37 Å². The number of anilines is 1. The molecule has 2 aromatic heterocycles. The van der Waals surface area contributed by atoms with Crippen molar-refractivity contribution < 1.29 is 13.6 Å². The van der Waals surface area contributed by atoms with E-state index in [1.807, 2.05) is 6.07 Å². The van der Waals surface area contributed by atoms with Crippen molar-refractivity contribution in [3.63, 3.8) is 0 Å². The first kappa shape index (κ1) is 16.2. The van der Waals surface area contributed by atoms with E-state index in [-0.39, 0.29) is 11.7 Å². The van der Waals surface area contributed by atoms with E-state index in [2.05, 4.69) is 10.1 Å². The summed E-state index contributed by atoms with van der Waals surface area (Å²) in [6.45, 7) is 0. The van der Waals surface area contributed by atoms with Gasteiger partial charge in [-0.05, 0) is 42.5 Å². The summed E-state index contributed by atoms with van der Waals surface area (Å²) < 4.78 is 19.3. The van der Waals surface area contributed by atoms with E-state index >= 15 is 0 Å². The van der Waals surface area contributed by atoms with Gasteiger partial charge in [0.25, 0.3) is 5.91 Å². The molecule has 0 aliphatic carbocycles. The average Bonchev–Trinajstić information content (AvgIpc) is 3.31. The Labute approximate surface area is 152 Å². The number of benzene rings is 2. The summed E-state index contributed by atoms with van der Waals surface area (Å²) in [6, 6.07) is 16.5. The van der Waals surface area contributed by atoms with Gasteiger partial charge in [-0.15, -0.1) is 0 Å².